The fourth-order valence-electron chi connectivity index (χ4n) is 1.76. The molecule has 0 fully saturated rings. The molecule has 0 bridgehead atoms. The molecule has 1 heterocycles. The second-order valence-corrected chi connectivity index (χ2v) is 3.93. The lowest BCUT2D eigenvalue weighted by atomic mass is 10.3. The highest BCUT2D eigenvalue weighted by molar-refractivity contribution is 5.57. The first kappa shape index (κ1) is 14.0. The summed E-state index contributed by atoms with van der Waals surface area (Å²) >= 11 is 0. The predicted octanol–water partition coefficient (Wildman–Crippen LogP) is 2.15. The lowest BCUT2D eigenvalue weighted by molar-refractivity contribution is 0.312. The summed E-state index contributed by atoms with van der Waals surface area (Å²) in [6.45, 7) is 4.71. The molecule has 0 spiro atoms. The first-order chi connectivity index (χ1) is 9.63. The molecule has 0 amide bonds. The van der Waals surface area contributed by atoms with E-state index in [0.29, 0.717) is 24.8 Å². The fourth-order valence-corrected chi connectivity index (χ4v) is 1.76. The number of anilines is 3. The molecule has 6 nitrogen and oxygen atoms in total. The van der Waals surface area contributed by atoms with Gasteiger partial charge in [-0.3, -0.25) is 0 Å². The number of ether oxygens (including phenoxy) is 1. The summed E-state index contributed by atoms with van der Waals surface area (Å²) < 4.78 is 18.6. The predicted molar refractivity (Wildman–Crippen MR) is 74.5 cm³/mol. The van der Waals surface area contributed by atoms with Crippen LogP contribution in [-0.4, -0.2) is 28.1 Å². The summed E-state index contributed by atoms with van der Waals surface area (Å²) in [6, 6.07) is 6.34. The van der Waals surface area contributed by atoms with Crippen LogP contribution in [-0.2, 0) is 0 Å². The minimum absolute atomic E-state index is 0.0632. The van der Waals surface area contributed by atoms with Crippen molar-refractivity contribution in [3.05, 3.63) is 30.1 Å². The Bertz CT molecular complexity index is 593. The maximum atomic E-state index is 13.3. The second-order valence-electron chi connectivity index (χ2n) is 3.93. The van der Waals surface area contributed by atoms with Crippen LogP contribution in [0.25, 0.3) is 0 Å². The monoisotopic (exact) mass is 277 g/mol. The van der Waals surface area contributed by atoms with Crippen LogP contribution in [0.2, 0.25) is 0 Å². The molecule has 0 aliphatic heterocycles. The van der Waals surface area contributed by atoms with Crippen LogP contribution in [0.5, 0.6) is 6.01 Å². The van der Waals surface area contributed by atoms with Gasteiger partial charge < -0.3 is 15.4 Å². The fraction of sp³-hybridized carbons (Fsp3) is 0.308. The minimum atomic E-state index is -0.326. The molecule has 20 heavy (non-hydrogen) atoms. The number of halogens is 1. The van der Waals surface area contributed by atoms with Crippen molar-refractivity contribution in [3.8, 4) is 6.01 Å². The molecular formula is C13H16FN5O. The number of nitrogens with two attached hydrogens (primary N) is 1. The average Bonchev–Trinajstić information content (AvgIpc) is 2.39. The van der Waals surface area contributed by atoms with E-state index in [9.17, 15) is 4.39 Å². The van der Waals surface area contributed by atoms with Gasteiger partial charge in [0.1, 0.15) is 5.82 Å². The molecule has 7 heteroatoms. The number of hydrogen-bond donors (Lipinski definition) is 1. The molecule has 1 aromatic heterocycles. The van der Waals surface area contributed by atoms with Crippen molar-refractivity contribution in [2.45, 2.75) is 13.8 Å². The van der Waals surface area contributed by atoms with Gasteiger partial charge in [0.05, 0.1) is 6.61 Å². The average molecular weight is 277 g/mol. The minimum Gasteiger partial charge on any atom is -0.464 e. The molecule has 0 saturated heterocycles. The highest BCUT2D eigenvalue weighted by Crippen LogP contribution is 2.24. The lowest BCUT2D eigenvalue weighted by Gasteiger charge is -2.21. The van der Waals surface area contributed by atoms with E-state index in [1.54, 1.807) is 17.0 Å². The summed E-state index contributed by atoms with van der Waals surface area (Å²) in [7, 11) is 0. The van der Waals surface area contributed by atoms with E-state index in [-0.39, 0.29) is 17.8 Å². The smallest absolute Gasteiger partial charge is 0.323 e. The number of nitrogen functional groups attached to an aromatic ring is 1. The molecule has 0 unspecified atom stereocenters. The SMILES string of the molecule is CCOc1nc(N)nc(N(CC)c2cccc(F)c2)n1. The molecular weight excluding hydrogens is 261 g/mol. The van der Waals surface area contributed by atoms with Crippen molar-refractivity contribution < 1.29 is 9.13 Å². The van der Waals surface area contributed by atoms with E-state index < -0.39 is 0 Å². The summed E-state index contributed by atoms with van der Waals surface area (Å²) in [5.41, 5.74) is 6.29. The van der Waals surface area contributed by atoms with Gasteiger partial charge in [0.2, 0.25) is 11.9 Å². The van der Waals surface area contributed by atoms with E-state index in [2.05, 4.69) is 15.0 Å². The standard InChI is InChI=1S/C13H16FN5O/c1-3-19(10-7-5-6-9(14)8-10)12-16-11(15)17-13(18-12)20-4-2/h5-8H,3-4H2,1-2H3,(H2,15,16,17,18). The third-order valence-electron chi connectivity index (χ3n) is 2.57. The zero-order valence-electron chi connectivity index (χ0n) is 11.4. The number of aromatic nitrogens is 3. The van der Waals surface area contributed by atoms with Crippen molar-refractivity contribution in [2.24, 2.45) is 0 Å². The van der Waals surface area contributed by atoms with Crippen LogP contribution >= 0.6 is 0 Å². The third-order valence-corrected chi connectivity index (χ3v) is 2.57. The maximum absolute atomic E-state index is 13.3. The molecule has 2 N–H and O–H groups in total. The highest BCUT2D eigenvalue weighted by atomic mass is 19.1. The zero-order valence-corrected chi connectivity index (χ0v) is 11.4. The van der Waals surface area contributed by atoms with Gasteiger partial charge in [-0.1, -0.05) is 6.07 Å². The quantitative estimate of drug-likeness (QED) is 0.902. The van der Waals surface area contributed by atoms with Crippen LogP contribution in [0.4, 0.5) is 22.0 Å². The zero-order chi connectivity index (χ0) is 14.5. The summed E-state index contributed by atoms with van der Waals surface area (Å²) in [5, 5.41) is 0. The van der Waals surface area contributed by atoms with Crippen molar-refractivity contribution >= 4 is 17.6 Å². The Morgan fingerprint density at radius 2 is 2.05 bits per heavy atom. The van der Waals surface area contributed by atoms with Gasteiger partial charge >= 0.3 is 6.01 Å². The normalized spacial score (nSPS) is 10.3. The number of hydrogen-bond acceptors (Lipinski definition) is 6. The van der Waals surface area contributed by atoms with Gasteiger partial charge in [-0.15, -0.1) is 0 Å². The van der Waals surface area contributed by atoms with Gasteiger partial charge in [0, 0.05) is 12.2 Å². The van der Waals surface area contributed by atoms with Crippen LogP contribution in [0.3, 0.4) is 0 Å². The molecule has 0 aliphatic rings. The second kappa shape index (κ2) is 6.14. The van der Waals surface area contributed by atoms with Crippen LogP contribution < -0.4 is 15.4 Å². The molecule has 1 aromatic carbocycles. The Hall–Kier alpha value is -2.44. The van der Waals surface area contributed by atoms with Crippen molar-refractivity contribution in [3.63, 3.8) is 0 Å². The van der Waals surface area contributed by atoms with E-state index >= 15 is 0 Å². The largest absolute Gasteiger partial charge is 0.464 e. The summed E-state index contributed by atoms with van der Waals surface area (Å²) in [4.78, 5) is 13.9. The van der Waals surface area contributed by atoms with E-state index in [4.69, 9.17) is 10.5 Å². The van der Waals surface area contributed by atoms with Crippen LogP contribution in [0.1, 0.15) is 13.8 Å². The Morgan fingerprint density at radius 1 is 1.25 bits per heavy atom. The summed E-state index contributed by atoms with van der Waals surface area (Å²) in [6.07, 6.45) is 0. The number of benzene rings is 1. The van der Waals surface area contributed by atoms with Gasteiger partial charge in [-0.25, -0.2) is 4.39 Å². The van der Waals surface area contributed by atoms with E-state index in [1.807, 2.05) is 13.8 Å². The topological polar surface area (TPSA) is 77.2 Å². The summed E-state index contributed by atoms with van der Waals surface area (Å²) in [5.74, 6) is 0.0652. The lowest BCUT2D eigenvalue weighted by Crippen LogP contribution is -2.20. The van der Waals surface area contributed by atoms with Crippen LogP contribution in [0.15, 0.2) is 24.3 Å². The van der Waals surface area contributed by atoms with Gasteiger partial charge in [-0.2, -0.15) is 15.0 Å². The van der Waals surface area contributed by atoms with E-state index in [1.165, 1.54) is 12.1 Å². The Balaban J connectivity index is 2.41. The first-order valence-electron chi connectivity index (χ1n) is 6.31. The van der Waals surface area contributed by atoms with Gasteiger partial charge in [0.15, 0.2) is 0 Å². The van der Waals surface area contributed by atoms with Crippen molar-refractivity contribution in [2.75, 3.05) is 23.8 Å². The molecule has 106 valence electrons. The first-order valence-corrected chi connectivity index (χ1v) is 6.31. The third kappa shape index (κ3) is 3.11. The Kier molecular flexibility index (Phi) is 4.29. The maximum Gasteiger partial charge on any atom is 0.323 e. The highest BCUT2D eigenvalue weighted by Gasteiger charge is 2.14. The van der Waals surface area contributed by atoms with Gasteiger partial charge in [0.25, 0.3) is 0 Å². The number of rotatable bonds is 5. The molecule has 0 saturated carbocycles. The molecule has 0 radical (unpaired) electrons. The molecule has 2 rings (SSSR count). The van der Waals surface area contributed by atoms with Gasteiger partial charge in [-0.05, 0) is 32.0 Å². The Labute approximate surface area is 116 Å². The molecule has 0 atom stereocenters. The Morgan fingerprint density at radius 3 is 2.70 bits per heavy atom. The molecule has 2 aromatic rings. The molecule has 0 aliphatic carbocycles. The van der Waals surface area contributed by atoms with Crippen molar-refractivity contribution in [1.29, 1.82) is 0 Å². The van der Waals surface area contributed by atoms with E-state index in [0.717, 1.165) is 0 Å². The van der Waals surface area contributed by atoms with Crippen LogP contribution in [0, 0.1) is 5.82 Å². The number of nitrogens with zero attached hydrogens (tertiary/aromatic N) is 4. The van der Waals surface area contributed by atoms with Crippen molar-refractivity contribution in [1.82, 2.24) is 15.0 Å².